The first kappa shape index (κ1) is 40.2. The monoisotopic (exact) mass is 835 g/mol. The number of carbonyl (C=O) groups excluding carboxylic acids is 2. The van der Waals surface area contributed by atoms with Crippen molar-refractivity contribution in [3.05, 3.63) is 124 Å². The maximum atomic E-state index is 14.0. The van der Waals surface area contributed by atoms with Crippen molar-refractivity contribution < 1.29 is 43.2 Å². The van der Waals surface area contributed by atoms with Crippen molar-refractivity contribution in [1.82, 2.24) is 0 Å². The highest BCUT2D eigenvalue weighted by atomic mass is 16.5. The number of fused-ring (bicyclic) bond motifs is 8. The lowest BCUT2D eigenvalue weighted by Crippen LogP contribution is -2.37. The van der Waals surface area contributed by atoms with E-state index in [1.165, 1.54) is 14.2 Å². The Bertz CT molecular complexity index is 2480. The molecule has 0 bridgehead atoms. The normalized spacial score (nSPS) is 16.6. The number of aliphatic imine (C=N–C) groups is 2. The van der Waals surface area contributed by atoms with E-state index in [9.17, 15) is 14.4 Å². The highest BCUT2D eigenvalue weighted by Crippen LogP contribution is 2.43. The number of ether oxygens (including phenoxy) is 5. The molecule has 2 amide bonds. The third kappa shape index (κ3) is 7.80. The number of rotatable bonds is 15. The Morgan fingerprint density at radius 1 is 0.694 bits per heavy atom. The molecule has 4 heterocycles. The molecule has 2 atom stereocenters. The van der Waals surface area contributed by atoms with Crippen molar-refractivity contribution >= 4 is 58.6 Å². The molecule has 0 fully saturated rings. The second-order valence-electron chi connectivity index (χ2n) is 15.5. The van der Waals surface area contributed by atoms with E-state index < -0.39 is 5.97 Å². The number of nitrogens with zero attached hydrogens (tertiary/aromatic N) is 5. The zero-order chi connectivity index (χ0) is 42.9. The van der Waals surface area contributed by atoms with Crippen LogP contribution in [0.25, 0.3) is 0 Å². The third-order valence-corrected chi connectivity index (χ3v) is 11.6. The molecule has 5 aromatic carbocycles. The van der Waals surface area contributed by atoms with E-state index in [-0.39, 0.29) is 50.1 Å². The van der Waals surface area contributed by atoms with Crippen molar-refractivity contribution in [2.75, 3.05) is 55.7 Å². The van der Waals surface area contributed by atoms with Crippen LogP contribution in [0.3, 0.4) is 0 Å². The molecule has 0 radical (unpaired) electrons. The van der Waals surface area contributed by atoms with Crippen LogP contribution in [0.15, 0.2) is 101 Å². The van der Waals surface area contributed by atoms with E-state index in [1.807, 2.05) is 91.1 Å². The molecule has 0 aromatic heterocycles. The fourth-order valence-electron chi connectivity index (χ4n) is 8.42. The fourth-order valence-corrected chi connectivity index (χ4v) is 8.42. The van der Waals surface area contributed by atoms with Crippen molar-refractivity contribution in [1.29, 1.82) is 0 Å². The largest absolute Gasteiger partial charge is 0.493 e. The highest BCUT2D eigenvalue weighted by Gasteiger charge is 2.38. The van der Waals surface area contributed by atoms with Gasteiger partial charge in [0.25, 0.3) is 11.8 Å². The number of hydrogen-bond acceptors (Lipinski definition) is 11. The molecule has 4 aliphatic rings. The lowest BCUT2D eigenvalue weighted by atomic mass is 10.1. The number of carboxylic acid groups (broad SMARTS) is 1. The van der Waals surface area contributed by atoms with Gasteiger partial charge in [-0.15, -0.1) is 0 Å². The van der Waals surface area contributed by atoms with Gasteiger partial charge in [-0.25, -0.2) is 0 Å². The van der Waals surface area contributed by atoms with Gasteiger partial charge in [-0.05, 0) is 64.7 Å². The number of anilines is 3. The number of carboxylic acids is 1. The van der Waals surface area contributed by atoms with Gasteiger partial charge >= 0.3 is 5.97 Å². The van der Waals surface area contributed by atoms with Gasteiger partial charge in [0.2, 0.25) is 0 Å². The summed E-state index contributed by atoms with van der Waals surface area (Å²) in [5.41, 5.74) is 8.29. The van der Waals surface area contributed by atoms with E-state index in [4.69, 9.17) is 38.8 Å². The Morgan fingerprint density at radius 3 is 1.68 bits per heavy atom. The standard InChI is InChI=1S/C48H45N5O9/c1-51(13-15-60-14-12-46(54)55)33-17-29(27-61-44-23-38-36(21-42(44)58-2)47(56)52-34(25-49-38)19-31-8-4-6-10-40(31)52)16-30(18-33)28-62-45-24-39-37(22-43(45)59-3)48(57)53-35(26-50-39)20-32-9-5-7-11-41(32)53/h4-11,16-18,21-26,34-35H,12-15,19-20,27-28H2,1-3H3,(H,54,55)/t34-,35-/m0/s1. The summed E-state index contributed by atoms with van der Waals surface area (Å²) in [7, 11) is 5.00. The Balaban J connectivity index is 0.965. The Morgan fingerprint density at radius 2 is 1.19 bits per heavy atom. The molecular weight excluding hydrogens is 791 g/mol. The lowest BCUT2D eigenvalue weighted by Gasteiger charge is -2.23. The van der Waals surface area contributed by atoms with Crippen LogP contribution >= 0.6 is 0 Å². The summed E-state index contributed by atoms with van der Waals surface area (Å²) in [4.78, 5) is 54.0. The summed E-state index contributed by atoms with van der Waals surface area (Å²) < 4.78 is 30.0. The zero-order valence-corrected chi connectivity index (χ0v) is 34.6. The first-order valence-corrected chi connectivity index (χ1v) is 20.4. The number of amides is 2. The number of likely N-dealkylation sites (N-methyl/N-ethyl adjacent to an activating group) is 1. The summed E-state index contributed by atoms with van der Waals surface area (Å²) in [5.74, 6) is 0.429. The van der Waals surface area contributed by atoms with Gasteiger partial charge in [0.05, 0.1) is 68.4 Å². The Labute approximate surface area is 358 Å². The van der Waals surface area contributed by atoms with Crippen LogP contribution in [0, 0.1) is 0 Å². The van der Waals surface area contributed by atoms with Gasteiger partial charge in [0.1, 0.15) is 13.2 Å². The molecule has 62 heavy (non-hydrogen) atoms. The Kier molecular flexibility index (Phi) is 11.1. The van der Waals surface area contributed by atoms with E-state index in [2.05, 4.69) is 0 Å². The fraction of sp³-hybridized carbons (Fsp3) is 0.271. The number of methoxy groups -OCH3 is 2. The quantitative estimate of drug-likeness (QED) is 0.106. The van der Waals surface area contributed by atoms with Crippen LogP contribution in [0.2, 0.25) is 0 Å². The van der Waals surface area contributed by atoms with Crippen LogP contribution < -0.4 is 33.6 Å². The summed E-state index contributed by atoms with van der Waals surface area (Å²) in [5, 5.41) is 9.01. The molecule has 0 saturated heterocycles. The molecule has 1 N–H and O–H groups in total. The number of para-hydroxylation sites is 2. The molecule has 14 heteroatoms. The summed E-state index contributed by atoms with van der Waals surface area (Å²) in [6.45, 7) is 1.20. The van der Waals surface area contributed by atoms with Gasteiger partial charge in [-0.1, -0.05) is 36.4 Å². The molecule has 4 aliphatic heterocycles. The minimum Gasteiger partial charge on any atom is -0.493 e. The second kappa shape index (κ2) is 17.1. The van der Waals surface area contributed by atoms with Crippen molar-refractivity contribution in [2.45, 2.75) is 44.6 Å². The number of carbonyl (C=O) groups is 3. The predicted molar refractivity (Wildman–Crippen MR) is 235 cm³/mol. The predicted octanol–water partition coefficient (Wildman–Crippen LogP) is 7.36. The van der Waals surface area contributed by atoms with Gasteiger partial charge in [-0.3, -0.25) is 34.2 Å². The van der Waals surface area contributed by atoms with E-state index in [0.717, 1.165) is 39.3 Å². The Hall–Kier alpha value is -7.19. The van der Waals surface area contributed by atoms with Crippen LogP contribution in [-0.2, 0) is 35.6 Å². The first-order chi connectivity index (χ1) is 30.2. The molecule has 0 saturated carbocycles. The zero-order valence-electron chi connectivity index (χ0n) is 34.6. The number of aliphatic carboxylic acids is 1. The molecule has 0 unspecified atom stereocenters. The molecule has 14 nitrogen and oxygen atoms in total. The lowest BCUT2D eigenvalue weighted by molar-refractivity contribution is -0.138. The molecular formula is C48H45N5O9. The molecule has 9 rings (SSSR count). The van der Waals surface area contributed by atoms with Gasteiger partial charge in [0, 0.05) is 68.1 Å². The second-order valence-corrected chi connectivity index (χ2v) is 15.5. The minimum atomic E-state index is -0.915. The van der Waals surface area contributed by atoms with E-state index >= 15 is 0 Å². The molecule has 5 aromatic rings. The number of hydrogen-bond donors (Lipinski definition) is 1. The number of benzene rings is 5. The first-order valence-electron chi connectivity index (χ1n) is 20.4. The molecule has 0 spiro atoms. The summed E-state index contributed by atoms with van der Waals surface area (Å²) in [6.07, 6.45) is 4.94. The molecule has 0 aliphatic carbocycles. The van der Waals surface area contributed by atoms with Crippen molar-refractivity contribution in [2.24, 2.45) is 9.98 Å². The summed E-state index contributed by atoms with van der Waals surface area (Å²) >= 11 is 0. The van der Waals surface area contributed by atoms with E-state index in [0.29, 0.717) is 71.5 Å². The SMILES string of the molecule is COc1cc2c(cc1OCc1cc(COc3cc4c(cc3OC)C(=O)N3c5ccccc5C[C@H]3C=N4)cc(N(C)CCOCCC(=O)O)c1)N=C[C@@H]1Cc3ccccc3N1C2=O. The van der Waals surface area contributed by atoms with Gasteiger partial charge in [0.15, 0.2) is 23.0 Å². The van der Waals surface area contributed by atoms with Crippen molar-refractivity contribution in [3.8, 4) is 23.0 Å². The average molecular weight is 836 g/mol. The van der Waals surface area contributed by atoms with E-state index in [1.54, 1.807) is 34.1 Å². The average Bonchev–Trinajstić information content (AvgIpc) is 3.78. The maximum Gasteiger partial charge on any atom is 0.305 e. The van der Waals surface area contributed by atoms with Crippen LogP contribution in [-0.4, -0.2) is 88.4 Å². The third-order valence-electron chi connectivity index (χ3n) is 11.6. The minimum absolute atomic E-state index is 0.0745. The topological polar surface area (TPSA) is 152 Å². The van der Waals surface area contributed by atoms with Gasteiger partial charge < -0.3 is 33.7 Å². The van der Waals surface area contributed by atoms with Crippen LogP contribution in [0.1, 0.15) is 49.4 Å². The summed E-state index contributed by atoms with van der Waals surface area (Å²) in [6, 6.07) is 28.3. The maximum absolute atomic E-state index is 14.0. The van der Waals surface area contributed by atoms with Crippen LogP contribution in [0.4, 0.5) is 28.4 Å². The van der Waals surface area contributed by atoms with Gasteiger partial charge in [-0.2, -0.15) is 0 Å². The van der Waals surface area contributed by atoms with Crippen LogP contribution in [0.5, 0.6) is 23.0 Å². The molecule has 316 valence electrons. The van der Waals surface area contributed by atoms with Crippen molar-refractivity contribution in [3.63, 3.8) is 0 Å². The smallest absolute Gasteiger partial charge is 0.305 e. The highest BCUT2D eigenvalue weighted by molar-refractivity contribution is 6.15.